The van der Waals surface area contributed by atoms with Crippen molar-refractivity contribution in [3.05, 3.63) is 44.8 Å². The van der Waals surface area contributed by atoms with Gasteiger partial charge < -0.3 is 5.32 Å². The number of nitrogens with zero attached hydrogens (tertiary/aromatic N) is 2. The summed E-state index contributed by atoms with van der Waals surface area (Å²) in [6.45, 7) is 3.97. The first kappa shape index (κ1) is 15.4. The summed E-state index contributed by atoms with van der Waals surface area (Å²) < 4.78 is 0. The van der Waals surface area contributed by atoms with E-state index < -0.39 is 0 Å². The molecule has 106 valence electrons. The first-order valence-electron chi connectivity index (χ1n) is 6.25. The molecule has 0 saturated carbocycles. The Hall–Kier alpha value is -1.03. The van der Waals surface area contributed by atoms with Crippen molar-refractivity contribution >= 4 is 46.3 Å². The third kappa shape index (κ3) is 3.75. The van der Waals surface area contributed by atoms with E-state index >= 15 is 0 Å². The summed E-state index contributed by atoms with van der Waals surface area (Å²) >= 11 is 18.3. The van der Waals surface area contributed by atoms with Crippen LogP contribution < -0.4 is 5.32 Å². The molecular formula is C14H14Cl3N3. The van der Waals surface area contributed by atoms with Crippen molar-refractivity contribution in [1.29, 1.82) is 0 Å². The van der Waals surface area contributed by atoms with Crippen LogP contribution in [0.2, 0.25) is 15.2 Å². The molecule has 0 fully saturated rings. The number of hydrogen-bond donors (Lipinski definition) is 1. The summed E-state index contributed by atoms with van der Waals surface area (Å²) in [5.74, 6) is 1.31. The Kier molecular flexibility index (Phi) is 5.08. The highest BCUT2D eigenvalue weighted by atomic mass is 35.5. The van der Waals surface area contributed by atoms with Gasteiger partial charge in [-0.15, -0.1) is 0 Å². The number of halogens is 3. The molecule has 0 spiro atoms. The third-order valence-electron chi connectivity index (χ3n) is 2.73. The molecule has 0 atom stereocenters. The van der Waals surface area contributed by atoms with E-state index in [2.05, 4.69) is 22.2 Å². The summed E-state index contributed by atoms with van der Waals surface area (Å²) in [7, 11) is 0. The maximum absolute atomic E-state index is 6.19. The summed E-state index contributed by atoms with van der Waals surface area (Å²) in [4.78, 5) is 8.58. The Balaban J connectivity index is 2.32. The van der Waals surface area contributed by atoms with Gasteiger partial charge in [0.05, 0.1) is 10.7 Å². The topological polar surface area (TPSA) is 37.8 Å². The molecule has 0 aliphatic carbocycles. The van der Waals surface area contributed by atoms with Gasteiger partial charge in [-0.3, -0.25) is 0 Å². The first-order chi connectivity index (χ1) is 9.49. The quantitative estimate of drug-likeness (QED) is 0.758. The van der Waals surface area contributed by atoms with E-state index in [0.717, 1.165) is 18.4 Å². The van der Waals surface area contributed by atoms with Crippen LogP contribution in [0.25, 0.3) is 0 Å². The van der Waals surface area contributed by atoms with Crippen molar-refractivity contribution in [2.75, 3.05) is 5.32 Å². The Morgan fingerprint density at radius 3 is 2.50 bits per heavy atom. The van der Waals surface area contributed by atoms with Gasteiger partial charge in [0, 0.05) is 17.5 Å². The van der Waals surface area contributed by atoms with E-state index in [1.54, 1.807) is 12.1 Å². The molecule has 0 radical (unpaired) electrons. The van der Waals surface area contributed by atoms with Crippen LogP contribution in [0.15, 0.2) is 18.2 Å². The van der Waals surface area contributed by atoms with E-state index in [1.165, 1.54) is 0 Å². The molecular weight excluding hydrogens is 317 g/mol. The van der Waals surface area contributed by atoms with Crippen LogP contribution in [0.5, 0.6) is 0 Å². The lowest BCUT2D eigenvalue weighted by molar-refractivity contribution is 0.837. The summed E-state index contributed by atoms with van der Waals surface area (Å²) in [6.07, 6.45) is 1.73. The molecule has 0 unspecified atom stereocenters. The van der Waals surface area contributed by atoms with Gasteiger partial charge in [-0.1, -0.05) is 41.7 Å². The fourth-order valence-corrected chi connectivity index (χ4v) is 2.37. The minimum atomic E-state index is 0.403. The maximum Gasteiger partial charge on any atom is 0.135 e. The lowest BCUT2D eigenvalue weighted by Gasteiger charge is -2.11. The number of aromatic nitrogens is 2. The van der Waals surface area contributed by atoms with Gasteiger partial charge in [0.1, 0.15) is 16.8 Å². The summed E-state index contributed by atoms with van der Waals surface area (Å²) in [5.41, 5.74) is 1.62. The second-order valence-corrected chi connectivity index (χ2v) is 5.65. The fourth-order valence-electron chi connectivity index (χ4n) is 1.74. The van der Waals surface area contributed by atoms with Crippen molar-refractivity contribution in [1.82, 2.24) is 9.97 Å². The second kappa shape index (κ2) is 6.61. The Bertz CT molecular complexity index is 629. The molecule has 1 heterocycles. The molecule has 0 saturated heterocycles. The zero-order valence-corrected chi connectivity index (χ0v) is 13.4. The largest absolute Gasteiger partial charge is 0.339 e. The number of benzene rings is 1. The summed E-state index contributed by atoms with van der Waals surface area (Å²) in [5, 5.41) is 4.76. The van der Waals surface area contributed by atoms with Crippen LogP contribution in [0, 0.1) is 6.92 Å². The SMILES string of the molecule is CCCc1nc(Cl)cc(Nc2cc(Cl)c(C)cc2Cl)n1. The predicted molar refractivity (Wildman–Crippen MR) is 85.5 cm³/mol. The van der Waals surface area contributed by atoms with Gasteiger partial charge in [0.2, 0.25) is 0 Å². The van der Waals surface area contributed by atoms with Crippen LogP contribution in [-0.4, -0.2) is 9.97 Å². The highest BCUT2D eigenvalue weighted by Gasteiger charge is 2.08. The standard InChI is InChI=1S/C14H14Cl3N3/c1-3-4-13-19-12(17)7-14(20-13)18-11-6-9(15)8(2)5-10(11)16/h5-7H,3-4H2,1-2H3,(H,18,19,20). The van der Waals surface area contributed by atoms with Gasteiger partial charge in [-0.05, 0) is 31.0 Å². The lowest BCUT2D eigenvalue weighted by Crippen LogP contribution is -2.01. The molecule has 20 heavy (non-hydrogen) atoms. The molecule has 0 amide bonds. The molecule has 6 heteroatoms. The fraction of sp³-hybridized carbons (Fsp3) is 0.286. The zero-order chi connectivity index (χ0) is 14.7. The predicted octanol–water partition coefficient (Wildman–Crippen LogP) is 5.44. The molecule has 1 N–H and O–H groups in total. The van der Waals surface area contributed by atoms with Crippen molar-refractivity contribution in [3.63, 3.8) is 0 Å². The van der Waals surface area contributed by atoms with E-state index in [0.29, 0.717) is 32.5 Å². The van der Waals surface area contributed by atoms with E-state index in [-0.39, 0.29) is 0 Å². The monoisotopic (exact) mass is 329 g/mol. The number of nitrogens with one attached hydrogen (secondary N) is 1. The van der Waals surface area contributed by atoms with Crippen LogP contribution in [-0.2, 0) is 6.42 Å². The minimum absolute atomic E-state index is 0.403. The van der Waals surface area contributed by atoms with Gasteiger partial charge in [0.25, 0.3) is 0 Å². The molecule has 1 aromatic carbocycles. The van der Waals surface area contributed by atoms with Crippen LogP contribution in [0.3, 0.4) is 0 Å². The Morgan fingerprint density at radius 1 is 1.05 bits per heavy atom. The molecule has 0 aliphatic heterocycles. The minimum Gasteiger partial charge on any atom is -0.339 e. The van der Waals surface area contributed by atoms with Gasteiger partial charge in [-0.2, -0.15) is 0 Å². The van der Waals surface area contributed by atoms with Crippen molar-refractivity contribution in [2.45, 2.75) is 26.7 Å². The smallest absolute Gasteiger partial charge is 0.135 e. The van der Waals surface area contributed by atoms with Crippen LogP contribution in [0.4, 0.5) is 11.5 Å². The molecule has 0 aliphatic rings. The second-order valence-electron chi connectivity index (χ2n) is 4.45. The number of anilines is 2. The number of rotatable bonds is 4. The summed E-state index contributed by atoms with van der Waals surface area (Å²) in [6, 6.07) is 5.24. The van der Waals surface area contributed by atoms with E-state index in [9.17, 15) is 0 Å². The first-order valence-corrected chi connectivity index (χ1v) is 7.39. The van der Waals surface area contributed by atoms with E-state index in [4.69, 9.17) is 34.8 Å². The maximum atomic E-state index is 6.19. The van der Waals surface area contributed by atoms with Crippen molar-refractivity contribution < 1.29 is 0 Å². The van der Waals surface area contributed by atoms with Crippen LogP contribution in [0.1, 0.15) is 24.7 Å². The average Bonchev–Trinajstić information content (AvgIpc) is 2.35. The Labute approximate surface area is 133 Å². The molecule has 2 rings (SSSR count). The zero-order valence-electron chi connectivity index (χ0n) is 11.2. The van der Waals surface area contributed by atoms with Crippen LogP contribution >= 0.6 is 34.8 Å². The molecule has 1 aromatic heterocycles. The molecule has 2 aromatic rings. The van der Waals surface area contributed by atoms with Gasteiger partial charge in [0.15, 0.2) is 0 Å². The van der Waals surface area contributed by atoms with Gasteiger partial charge in [-0.25, -0.2) is 9.97 Å². The number of hydrogen-bond acceptors (Lipinski definition) is 3. The number of aryl methyl sites for hydroxylation is 2. The Morgan fingerprint density at radius 2 is 1.80 bits per heavy atom. The van der Waals surface area contributed by atoms with E-state index in [1.807, 2.05) is 13.0 Å². The average molecular weight is 331 g/mol. The molecule has 0 bridgehead atoms. The van der Waals surface area contributed by atoms with Crippen molar-refractivity contribution in [3.8, 4) is 0 Å². The lowest BCUT2D eigenvalue weighted by atomic mass is 10.2. The highest BCUT2D eigenvalue weighted by molar-refractivity contribution is 6.36. The van der Waals surface area contributed by atoms with Gasteiger partial charge >= 0.3 is 0 Å². The normalized spacial score (nSPS) is 10.7. The highest BCUT2D eigenvalue weighted by Crippen LogP contribution is 2.31. The van der Waals surface area contributed by atoms with Crippen molar-refractivity contribution in [2.24, 2.45) is 0 Å². The third-order valence-corrected chi connectivity index (χ3v) is 3.64. The molecule has 3 nitrogen and oxygen atoms in total.